The summed E-state index contributed by atoms with van der Waals surface area (Å²) in [7, 11) is 3.61. The van der Waals surface area contributed by atoms with E-state index in [4.69, 9.17) is 9.72 Å². The molecule has 4 heteroatoms. The number of anilines is 1. The number of rotatable bonds is 5. The monoisotopic (exact) mass is 269 g/mol. The zero-order chi connectivity index (χ0) is 13.9. The Morgan fingerprint density at radius 1 is 1.20 bits per heavy atom. The van der Waals surface area contributed by atoms with Gasteiger partial charge in [-0.05, 0) is 18.8 Å². The van der Waals surface area contributed by atoms with Crippen molar-refractivity contribution < 1.29 is 4.74 Å². The predicted molar refractivity (Wildman–Crippen MR) is 79.5 cm³/mol. The van der Waals surface area contributed by atoms with Crippen LogP contribution < -0.4 is 5.32 Å². The number of aromatic nitrogens is 2. The molecule has 0 bridgehead atoms. The molecule has 0 amide bonds. The van der Waals surface area contributed by atoms with Gasteiger partial charge >= 0.3 is 0 Å². The highest BCUT2D eigenvalue weighted by Crippen LogP contribution is 2.42. The number of methoxy groups -OCH3 is 1. The van der Waals surface area contributed by atoms with Crippen molar-refractivity contribution in [3.8, 4) is 11.3 Å². The number of hydrogen-bond acceptors (Lipinski definition) is 4. The first-order valence-corrected chi connectivity index (χ1v) is 6.96. The van der Waals surface area contributed by atoms with E-state index in [1.807, 2.05) is 31.3 Å². The molecule has 1 unspecified atom stereocenters. The molecule has 1 saturated carbocycles. The molecule has 1 aliphatic carbocycles. The molecule has 1 aromatic heterocycles. The molecule has 0 spiro atoms. The fraction of sp³-hybridized carbons (Fsp3) is 0.375. The molecule has 1 fully saturated rings. The van der Waals surface area contributed by atoms with Crippen molar-refractivity contribution in [3.63, 3.8) is 0 Å². The van der Waals surface area contributed by atoms with Gasteiger partial charge in [0.05, 0.1) is 5.69 Å². The minimum Gasteiger partial charge on any atom is -0.373 e. The standard InChI is InChI=1S/C16H19N3O/c1-17-14-10-13(11-6-4-3-5-7-11)18-16(19-14)15(20-2)12-8-9-12/h3-7,10,12,15H,8-9H2,1-2H3,(H,17,18,19). The van der Waals surface area contributed by atoms with Crippen molar-refractivity contribution in [3.05, 3.63) is 42.2 Å². The van der Waals surface area contributed by atoms with Gasteiger partial charge in [0, 0.05) is 25.8 Å². The zero-order valence-electron chi connectivity index (χ0n) is 11.8. The van der Waals surface area contributed by atoms with Gasteiger partial charge < -0.3 is 10.1 Å². The maximum atomic E-state index is 5.60. The summed E-state index contributed by atoms with van der Waals surface area (Å²) in [6.07, 6.45) is 2.41. The summed E-state index contributed by atoms with van der Waals surface area (Å²) in [6.45, 7) is 0. The molecule has 0 radical (unpaired) electrons. The molecule has 0 aliphatic heterocycles. The fourth-order valence-corrected chi connectivity index (χ4v) is 2.39. The number of ether oxygens (including phenoxy) is 1. The molecule has 1 aromatic carbocycles. The lowest BCUT2D eigenvalue weighted by Gasteiger charge is -2.15. The molecule has 3 rings (SSSR count). The van der Waals surface area contributed by atoms with Crippen molar-refractivity contribution in [1.29, 1.82) is 0 Å². The van der Waals surface area contributed by atoms with E-state index < -0.39 is 0 Å². The molecule has 104 valence electrons. The average Bonchev–Trinajstić information content (AvgIpc) is 3.33. The van der Waals surface area contributed by atoms with Crippen LogP contribution in [0.3, 0.4) is 0 Å². The summed E-state index contributed by atoms with van der Waals surface area (Å²) in [5, 5.41) is 3.11. The second kappa shape index (κ2) is 5.59. The molecule has 0 saturated heterocycles. The smallest absolute Gasteiger partial charge is 0.160 e. The van der Waals surface area contributed by atoms with Crippen molar-refractivity contribution in [2.24, 2.45) is 5.92 Å². The van der Waals surface area contributed by atoms with Crippen molar-refractivity contribution in [2.75, 3.05) is 19.5 Å². The summed E-state index contributed by atoms with van der Waals surface area (Å²) < 4.78 is 5.60. The summed E-state index contributed by atoms with van der Waals surface area (Å²) >= 11 is 0. The van der Waals surface area contributed by atoms with E-state index in [1.54, 1.807) is 7.11 Å². The second-order valence-corrected chi connectivity index (χ2v) is 5.11. The van der Waals surface area contributed by atoms with Gasteiger partial charge in [-0.15, -0.1) is 0 Å². The van der Waals surface area contributed by atoms with Crippen LogP contribution in [0.25, 0.3) is 11.3 Å². The molecule has 1 N–H and O–H groups in total. The van der Waals surface area contributed by atoms with Crippen LogP contribution in [-0.2, 0) is 4.74 Å². The Bertz CT molecular complexity index is 582. The zero-order valence-corrected chi connectivity index (χ0v) is 11.8. The van der Waals surface area contributed by atoms with Crippen LogP contribution in [-0.4, -0.2) is 24.1 Å². The maximum absolute atomic E-state index is 5.60. The van der Waals surface area contributed by atoms with E-state index in [2.05, 4.69) is 22.4 Å². The largest absolute Gasteiger partial charge is 0.373 e. The van der Waals surface area contributed by atoms with Gasteiger partial charge in [0.2, 0.25) is 0 Å². The van der Waals surface area contributed by atoms with E-state index >= 15 is 0 Å². The highest BCUT2D eigenvalue weighted by molar-refractivity contribution is 5.62. The third-order valence-corrected chi connectivity index (χ3v) is 3.63. The Morgan fingerprint density at radius 3 is 2.55 bits per heavy atom. The highest BCUT2D eigenvalue weighted by Gasteiger charge is 2.34. The quantitative estimate of drug-likeness (QED) is 0.905. The van der Waals surface area contributed by atoms with Crippen LogP contribution in [0.2, 0.25) is 0 Å². The topological polar surface area (TPSA) is 47.0 Å². The lowest BCUT2D eigenvalue weighted by atomic mass is 10.1. The lowest BCUT2D eigenvalue weighted by molar-refractivity contribution is 0.0774. The number of benzene rings is 1. The molecule has 1 atom stereocenters. The van der Waals surface area contributed by atoms with Gasteiger partial charge in [0.15, 0.2) is 5.82 Å². The summed E-state index contributed by atoms with van der Waals surface area (Å²) in [5.74, 6) is 2.17. The van der Waals surface area contributed by atoms with Gasteiger partial charge in [-0.25, -0.2) is 9.97 Å². The third kappa shape index (κ3) is 2.65. The van der Waals surface area contributed by atoms with Gasteiger partial charge in [0.25, 0.3) is 0 Å². The summed E-state index contributed by atoms with van der Waals surface area (Å²) in [4.78, 5) is 9.27. The van der Waals surface area contributed by atoms with Crippen molar-refractivity contribution in [1.82, 2.24) is 9.97 Å². The van der Waals surface area contributed by atoms with Gasteiger partial charge in [0.1, 0.15) is 11.9 Å². The van der Waals surface area contributed by atoms with Crippen LogP contribution in [0.4, 0.5) is 5.82 Å². The molecule has 4 nitrogen and oxygen atoms in total. The SMILES string of the molecule is CNc1cc(-c2ccccc2)nc(C(OC)C2CC2)n1. The van der Waals surface area contributed by atoms with E-state index in [0.29, 0.717) is 5.92 Å². The highest BCUT2D eigenvalue weighted by atomic mass is 16.5. The number of hydrogen-bond donors (Lipinski definition) is 1. The molecule has 1 heterocycles. The summed E-state index contributed by atoms with van der Waals surface area (Å²) in [6, 6.07) is 12.1. The Balaban J connectivity index is 2.02. The molecule has 2 aromatic rings. The second-order valence-electron chi connectivity index (χ2n) is 5.11. The van der Waals surface area contributed by atoms with E-state index in [-0.39, 0.29) is 6.10 Å². The molecule has 20 heavy (non-hydrogen) atoms. The van der Waals surface area contributed by atoms with Crippen LogP contribution >= 0.6 is 0 Å². The summed E-state index contributed by atoms with van der Waals surface area (Å²) in [5.41, 5.74) is 2.03. The molecular formula is C16H19N3O. The van der Waals surface area contributed by atoms with Gasteiger partial charge in [-0.2, -0.15) is 0 Å². The first-order chi connectivity index (χ1) is 9.81. The Hall–Kier alpha value is -1.94. The van der Waals surface area contributed by atoms with Gasteiger partial charge in [-0.1, -0.05) is 30.3 Å². The molecular weight excluding hydrogens is 250 g/mol. The van der Waals surface area contributed by atoms with Crippen molar-refractivity contribution in [2.45, 2.75) is 18.9 Å². The normalized spacial score (nSPS) is 15.9. The van der Waals surface area contributed by atoms with Crippen LogP contribution in [0.1, 0.15) is 24.8 Å². The Kier molecular flexibility index (Phi) is 3.65. The van der Waals surface area contributed by atoms with E-state index in [0.717, 1.165) is 22.9 Å². The van der Waals surface area contributed by atoms with E-state index in [9.17, 15) is 0 Å². The van der Waals surface area contributed by atoms with Crippen LogP contribution in [0, 0.1) is 5.92 Å². The van der Waals surface area contributed by atoms with E-state index in [1.165, 1.54) is 12.8 Å². The average molecular weight is 269 g/mol. The lowest BCUT2D eigenvalue weighted by Crippen LogP contribution is -2.11. The van der Waals surface area contributed by atoms with Crippen molar-refractivity contribution >= 4 is 5.82 Å². The minimum absolute atomic E-state index is 0.00534. The van der Waals surface area contributed by atoms with Gasteiger partial charge in [-0.3, -0.25) is 0 Å². The Morgan fingerprint density at radius 2 is 1.95 bits per heavy atom. The first kappa shape index (κ1) is 13.1. The number of nitrogens with one attached hydrogen (secondary N) is 1. The predicted octanol–water partition coefficient (Wildman–Crippen LogP) is 3.28. The number of nitrogens with zero attached hydrogens (tertiary/aromatic N) is 2. The molecule has 1 aliphatic rings. The Labute approximate surface area is 119 Å². The van der Waals surface area contributed by atoms with Crippen LogP contribution in [0.5, 0.6) is 0 Å². The minimum atomic E-state index is 0.00534. The maximum Gasteiger partial charge on any atom is 0.160 e. The van der Waals surface area contributed by atoms with Crippen LogP contribution in [0.15, 0.2) is 36.4 Å². The fourth-order valence-electron chi connectivity index (χ4n) is 2.39. The third-order valence-electron chi connectivity index (χ3n) is 3.63. The first-order valence-electron chi connectivity index (χ1n) is 6.96.